The topological polar surface area (TPSA) is 102 Å². The van der Waals surface area contributed by atoms with E-state index in [1.54, 1.807) is 29.7 Å². The third kappa shape index (κ3) is 5.41. The molecule has 0 bridgehead atoms. The van der Waals surface area contributed by atoms with Gasteiger partial charge in [-0.05, 0) is 53.9 Å². The SMILES string of the molecule is O=C(NO)C(CCn1c(=O)oc2ccccc2c1=O)CSc1ccc(-c2ccc(Cl)cc2)cc1. The average Bonchev–Trinajstić information content (AvgIpc) is 2.86. The van der Waals surface area contributed by atoms with Crippen molar-refractivity contribution in [3.8, 4) is 11.1 Å². The monoisotopic (exact) mass is 496 g/mol. The van der Waals surface area contributed by atoms with Gasteiger partial charge in [-0.3, -0.25) is 14.8 Å². The van der Waals surface area contributed by atoms with Gasteiger partial charge in [0.2, 0.25) is 5.91 Å². The second-order valence-electron chi connectivity index (χ2n) is 7.62. The number of halogens is 1. The summed E-state index contributed by atoms with van der Waals surface area (Å²) >= 11 is 7.39. The van der Waals surface area contributed by atoms with Crippen LogP contribution >= 0.6 is 23.4 Å². The lowest BCUT2D eigenvalue weighted by Gasteiger charge is -2.15. The molecule has 9 heteroatoms. The predicted octanol–water partition coefficient (Wildman–Crippen LogP) is 4.58. The van der Waals surface area contributed by atoms with Crippen molar-refractivity contribution in [2.75, 3.05) is 5.75 Å². The number of carbonyl (C=O) groups is 1. The fourth-order valence-electron chi connectivity index (χ4n) is 3.55. The van der Waals surface area contributed by atoms with Crippen LogP contribution in [0.4, 0.5) is 0 Å². The molecule has 7 nitrogen and oxygen atoms in total. The van der Waals surface area contributed by atoms with E-state index in [0.29, 0.717) is 16.2 Å². The van der Waals surface area contributed by atoms with Crippen LogP contribution in [0.5, 0.6) is 0 Å². The Kier molecular flexibility index (Phi) is 7.52. The number of fused-ring (bicyclic) bond motifs is 1. The molecule has 1 heterocycles. The normalized spacial score (nSPS) is 11.9. The lowest BCUT2D eigenvalue weighted by molar-refractivity contribution is -0.132. The predicted molar refractivity (Wildman–Crippen MR) is 132 cm³/mol. The van der Waals surface area contributed by atoms with Gasteiger partial charge in [0.1, 0.15) is 5.58 Å². The van der Waals surface area contributed by atoms with Gasteiger partial charge in [0.25, 0.3) is 5.56 Å². The van der Waals surface area contributed by atoms with Crippen LogP contribution in [0.1, 0.15) is 6.42 Å². The van der Waals surface area contributed by atoms with Crippen LogP contribution in [-0.4, -0.2) is 21.4 Å². The Balaban J connectivity index is 1.45. The molecule has 174 valence electrons. The molecule has 0 radical (unpaired) electrons. The van der Waals surface area contributed by atoms with E-state index >= 15 is 0 Å². The summed E-state index contributed by atoms with van der Waals surface area (Å²) in [6.07, 6.45) is 0.172. The van der Waals surface area contributed by atoms with Crippen LogP contribution in [0, 0.1) is 5.92 Å². The molecule has 0 saturated heterocycles. The molecule has 0 saturated carbocycles. The summed E-state index contributed by atoms with van der Waals surface area (Å²) in [7, 11) is 0. The Bertz CT molecular complexity index is 1410. The number of hydroxylamine groups is 1. The summed E-state index contributed by atoms with van der Waals surface area (Å²) in [5, 5.41) is 10.1. The van der Waals surface area contributed by atoms with Crippen molar-refractivity contribution < 1.29 is 14.4 Å². The number of rotatable bonds is 8. The Morgan fingerprint density at radius 3 is 2.32 bits per heavy atom. The number of benzene rings is 3. The molecule has 0 aliphatic heterocycles. The standard InChI is InChI=1S/C25H21ClN2O5S/c26-19-9-5-16(6-10-19)17-7-11-20(12-8-17)34-15-18(23(29)27-32)13-14-28-24(30)21-3-1-2-4-22(21)33-25(28)31/h1-12,18,32H,13-15H2,(H,27,29). The number of nitrogens with zero attached hydrogens (tertiary/aromatic N) is 1. The molecule has 0 spiro atoms. The highest BCUT2D eigenvalue weighted by molar-refractivity contribution is 7.99. The molecule has 2 N–H and O–H groups in total. The quantitative estimate of drug-likeness (QED) is 0.210. The number of para-hydroxylation sites is 1. The van der Waals surface area contributed by atoms with Gasteiger partial charge in [-0.1, -0.05) is 48.0 Å². The first-order valence-corrected chi connectivity index (χ1v) is 11.9. The van der Waals surface area contributed by atoms with E-state index in [1.807, 2.05) is 48.5 Å². The minimum Gasteiger partial charge on any atom is -0.409 e. The van der Waals surface area contributed by atoms with Crippen LogP contribution in [0.2, 0.25) is 5.02 Å². The highest BCUT2D eigenvalue weighted by atomic mass is 35.5. The van der Waals surface area contributed by atoms with Crippen LogP contribution in [-0.2, 0) is 11.3 Å². The lowest BCUT2D eigenvalue weighted by atomic mass is 10.1. The first kappa shape index (κ1) is 23.8. The molecule has 0 aliphatic rings. The molecule has 1 aromatic heterocycles. The zero-order chi connectivity index (χ0) is 24.1. The van der Waals surface area contributed by atoms with Crippen molar-refractivity contribution in [1.82, 2.24) is 10.0 Å². The summed E-state index contributed by atoms with van der Waals surface area (Å²) in [4.78, 5) is 38.1. The third-order valence-corrected chi connectivity index (χ3v) is 6.87. The van der Waals surface area contributed by atoms with Gasteiger partial charge < -0.3 is 4.42 Å². The first-order valence-electron chi connectivity index (χ1n) is 10.5. The highest BCUT2D eigenvalue weighted by Crippen LogP contribution is 2.27. The Hall–Kier alpha value is -3.33. The van der Waals surface area contributed by atoms with Crippen LogP contribution in [0.25, 0.3) is 22.1 Å². The van der Waals surface area contributed by atoms with Crippen LogP contribution in [0.3, 0.4) is 0 Å². The van der Waals surface area contributed by atoms with Gasteiger partial charge in [0.05, 0.1) is 11.3 Å². The van der Waals surface area contributed by atoms with Crippen molar-refractivity contribution in [1.29, 1.82) is 0 Å². The second kappa shape index (κ2) is 10.7. The summed E-state index contributed by atoms with van der Waals surface area (Å²) in [5.41, 5.74) is 3.50. The molecule has 4 rings (SSSR count). The molecule has 0 aliphatic carbocycles. The molecule has 34 heavy (non-hydrogen) atoms. The maximum absolute atomic E-state index is 12.7. The number of hydrogen-bond acceptors (Lipinski definition) is 6. The van der Waals surface area contributed by atoms with E-state index in [4.69, 9.17) is 21.2 Å². The fraction of sp³-hybridized carbons (Fsp3) is 0.160. The van der Waals surface area contributed by atoms with E-state index in [-0.39, 0.29) is 18.5 Å². The van der Waals surface area contributed by atoms with E-state index in [9.17, 15) is 14.4 Å². The van der Waals surface area contributed by atoms with E-state index in [0.717, 1.165) is 20.6 Å². The fourth-order valence-corrected chi connectivity index (χ4v) is 4.72. The number of thioether (sulfide) groups is 1. The summed E-state index contributed by atoms with van der Waals surface area (Å²) in [6, 6.07) is 21.9. The van der Waals surface area contributed by atoms with Gasteiger partial charge in [0.15, 0.2) is 0 Å². The van der Waals surface area contributed by atoms with E-state index in [1.165, 1.54) is 11.8 Å². The number of nitrogens with one attached hydrogen (secondary N) is 1. The maximum atomic E-state index is 12.7. The van der Waals surface area contributed by atoms with E-state index < -0.39 is 23.1 Å². The van der Waals surface area contributed by atoms with Gasteiger partial charge in [-0.2, -0.15) is 0 Å². The molecule has 3 aromatic carbocycles. The summed E-state index contributed by atoms with van der Waals surface area (Å²) in [6.45, 7) is -0.0137. The largest absolute Gasteiger partial charge is 0.422 e. The molecule has 1 amide bonds. The molecule has 0 fully saturated rings. The Labute approximate surface area is 203 Å². The van der Waals surface area contributed by atoms with Crippen molar-refractivity contribution in [2.24, 2.45) is 5.92 Å². The van der Waals surface area contributed by atoms with Gasteiger partial charge in [0, 0.05) is 22.2 Å². The second-order valence-corrected chi connectivity index (χ2v) is 9.15. The third-order valence-electron chi connectivity index (χ3n) is 5.45. The number of hydrogen-bond donors (Lipinski definition) is 2. The Morgan fingerprint density at radius 2 is 1.65 bits per heavy atom. The molecular formula is C25H21ClN2O5S. The molecule has 4 aromatic rings. The number of carbonyl (C=O) groups excluding carboxylic acids is 1. The van der Waals surface area contributed by atoms with Crippen LogP contribution in [0.15, 0.2) is 91.7 Å². The van der Waals surface area contributed by atoms with Crippen LogP contribution < -0.4 is 16.8 Å². The number of aromatic nitrogens is 1. The molecule has 1 unspecified atom stereocenters. The average molecular weight is 497 g/mol. The van der Waals surface area contributed by atoms with Gasteiger partial charge >= 0.3 is 5.76 Å². The first-order chi connectivity index (χ1) is 16.5. The van der Waals surface area contributed by atoms with E-state index in [2.05, 4.69) is 0 Å². The smallest absolute Gasteiger partial charge is 0.409 e. The Morgan fingerprint density at radius 1 is 1.00 bits per heavy atom. The zero-order valence-corrected chi connectivity index (χ0v) is 19.5. The van der Waals surface area contributed by atoms with Crippen molar-refractivity contribution in [2.45, 2.75) is 17.9 Å². The lowest BCUT2D eigenvalue weighted by Crippen LogP contribution is -2.36. The maximum Gasteiger partial charge on any atom is 0.422 e. The highest BCUT2D eigenvalue weighted by Gasteiger charge is 2.20. The van der Waals surface area contributed by atoms with Crippen molar-refractivity contribution >= 4 is 40.2 Å². The van der Waals surface area contributed by atoms with Gasteiger partial charge in [-0.15, -0.1) is 11.8 Å². The van der Waals surface area contributed by atoms with Crippen molar-refractivity contribution in [3.63, 3.8) is 0 Å². The number of amides is 1. The minimum atomic E-state index is -0.780. The van der Waals surface area contributed by atoms with Crippen molar-refractivity contribution in [3.05, 3.63) is 98.7 Å². The summed E-state index contributed by atoms with van der Waals surface area (Å²) in [5.74, 6) is -1.65. The van der Waals surface area contributed by atoms with Gasteiger partial charge in [-0.25, -0.2) is 14.8 Å². The zero-order valence-electron chi connectivity index (χ0n) is 17.9. The minimum absolute atomic E-state index is 0.0137. The molecule has 1 atom stereocenters. The summed E-state index contributed by atoms with van der Waals surface area (Å²) < 4.78 is 6.20. The molecular weight excluding hydrogens is 476 g/mol.